The topological polar surface area (TPSA) is 204 Å². The minimum absolute atomic E-state index is 0.169. The number of aliphatic hydroxyl groups is 5. The van der Waals surface area contributed by atoms with Crippen molar-refractivity contribution in [1.29, 1.82) is 0 Å². The van der Waals surface area contributed by atoms with Crippen LogP contribution in [-0.4, -0.2) is 93.1 Å². The normalized spacial score (nSPS) is 26.7. The molecule has 1 heterocycles. The molecule has 12 heteroatoms. The van der Waals surface area contributed by atoms with Crippen molar-refractivity contribution in [3.8, 4) is 0 Å². The van der Waals surface area contributed by atoms with Crippen LogP contribution in [-0.2, 0) is 9.47 Å². The Balaban J connectivity index is 0.000000389. The number of nitrogens with zero attached hydrogens (tertiary/aromatic N) is 1. The van der Waals surface area contributed by atoms with Crippen molar-refractivity contribution >= 4 is 6.03 Å². The Bertz CT molecular complexity index is 910. The first-order chi connectivity index (χ1) is 26.2. The zero-order chi connectivity index (χ0) is 39.4. The number of carbonyl (C=O) groups excluding carboxylic acids is 1. The van der Waals surface area contributed by atoms with Gasteiger partial charge in [0.1, 0.15) is 24.4 Å². The number of nitrogens with one attached hydrogen (secondary N) is 1. The minimum Gasteiger partial charge on any atom is -0.394 e. The Morgan fingerprint density at radius 3 is 1.80 bits per heavy atom. The molecule has 3 fully saturated rings. The Labute approximate surface area is 328 Å². The summed E-state index contributed by atoms with van der Waals surface area (Å²) in [5, 5.41) is 49.8. The number of carbonyl (C=O) groups is 1. The highest BCUT2D eigenvalue weighted by Gasteiger charge is 2.44. The highest BCUT2D eigenvalue weighted by Crippen LogP contribution is 2.56. The summed E-state index contributed by atoms with van der Waals surface area (Å²) in [6, 6.07) is -0.416. The second-order valence-corrected chi connectivity index (χ2v) is 16.9. The van der Waals surface area contributed by atoms with Crippen LogP contribution in [0.1, 0.15) is 193 Å². The van der Waals surface area contributed by atoms with Gasteiger partial charge >= 0.3 is 6.03 Å². The number of nitrogens with two attached hydrogens (primary N) is 2. The number of fused-ring (bicyclic) bond motifs is 2. The minimum atomic E-state index is -1.44. The number of unbranched alkanes of at least 4 members (excludes halogenated alkanes) is 19. The van der Waals surface area contributed by atoms with Crippen molar-refractivity contribution in [2.75, 3.05) is 19.8 Å². The van der Waals surface area contributed by atoms with E-state index >= 15 is 0 Å². The lowest BCUT2D eigenvalue weighted by atomic mass is 9.79. The van der Waals surface area contributed by atoms with Gasteiger partial charge in [-0.1, -0.05) is 135 Å². The number of urea groups is 1. The lowest BCUT2D eigenvalue weighted by Gasteiger charge is -2.39. The van der Waals surface area contributed by atoms with E-state index in [0.717, 1.165) is 48.4 Å². The second kappa shape index (κ2) is 30.1. The zero-order valence-electron chi connectivity index (χ0n) is 34.2. The summed E-state index contributed by atoms with van der Waals surface area (Å²) in [5.41, 5.74) is 2.82. The predicted molar refractivity (Wildman–Crippen MR) is 215 cm³/mol. The number of ether oxygens (including phenoxy) is 2. The van der Waals surface area contributed by atoms with Gasteiger partial charge in [-0.05, 0) is 69.1 Å². The smallest absolute Gasteiger partial charge is 0.345 e. The van der Waals surface area contributed by atoms with E-state index in [9.17, 15) is 30.3 Å². The molecular formula is C42H84N4O8. The maximum absolute atomic E-state index is 11.1. The van der Waals surface area contributed by atoms with Gasteiger partial charge in [0.25, 0.3) is 0 Å². The summed E-state index contributed by atoms with van der Waals surface area (Å²) in [4.78, 5) is 11.1. The molecule has 54 heavy (non-hydrogen) atoms. The number of amides is 2. The van der Waals surface area contributed by atoms with E-state index < -0.39 is 49.4 Å². The molecule has 320 valence electrons. The van der Waals surface area contributed by atoms with Crippen molar-refractivity contribution in [2.24, 2.45) is 23.0 Å². The van der Waals surface area contributed by atoms with Crippen LogP contribution >= 0.6 is 0 Å². The first-order valence-electron chi connectivity index (χ1n) is 22.3. The Kier molecular flexibility index (Phi) is 27.3. The van der Waals surface area contributed by atoms with Crippen LogP contribution in [0, 0.1) is 11.3 Å². The van der Waals surface area contributed by atoms with Crippen molar-refractivity contribution < 1.29 is 39.8 Å². The lowest BCUT2D eigenvalue weighted by molar-refractivity contribution is -0.301. The summed E-state index contributed by atoms with van der Waals surface area (Å²) in [7, 11) is 0. The van der Waals surface area contributed by atoms with Crippen LogP contribution in [0.5, 0.6) is 0 Å². The van der Waals surface area contributed by atoms with Crippen molar-refractivity contribution in [3.63, 3.8) is 0 Å². The van der Waals surface area contributed by atoms with Gasteiger partial charge in [-0.15, -0.1) is 0 Å². The Morgan fingerprint density at radius 1 is 0.778 bits per heavy atom. The molecule has 0 spiro atoms. The van der Waals surface area contributed by atoms with Gasteiger partial charge in [0.05, 0.1) is 19.3 Å². The van der Waals surface area contributed by atoms with Crippen LogP contribution in [0.3, 0.4) is 0 Å². The SMILES string of the molecule is CCCCCCCCCCCCCCCC(O)CCOC1OC(CO)C(O)C(O)C1O.NNC(=O)N(N)CCCCCCCCCCC12CCC(CC1)C2. The third-order valence-electron chi connectivity index (χ3n) is 12.4. The molecule has 2 saturated carbocycles. The van der Waals surface area contributed by atoms with E-state index in [4.69, 9.17) is 21.2 Å². The number of hydrogen-bond acceptors (Lipinski definition) is 10. The monoisotopic (exact) mass is 773 g/mol. The molecule has 12 nitrogen and oxygen atoms in total. The van der Waals surface area contributed by atoms with Crippen molar-refractivity contribution in [1.82, 2.24) is 10.4 Å². The van der Waals surface area contributed by atoms with Gasteiger partial charge in [0.15, 0.2) is 6.29 Å². The maximum atomic E-state index is 11.1. The fourth-order valence-electron chi connectivity index (χ4n) is 8.76. The Hall–Kier alpha value is -1.09. The van der Waals surface area contributed by atoms with E-state index in [-0.39, 0.29) is 6.61 Å². The number of aliphatic hydroxyl groups excluding tert-OH is 5. The third-order valence-corrected chi connectivity index (χ3v) is 12.4. The molecule has 10 N–H and O–H groups in total. The van der Waals surface area contributed by atoms with Crippen LogP contribution in [0.15, 0.2) is 0 Å². The summed E-state index contributed by atoms with van der Waals surface area (Å²) in [6.07, 6.45) is 30.6. The highest BCUT2D eigenvalue weighted by molar-refractivity contribution is 5.72. The summed E-state index contributed by atoms with van der Waals surface area (Å²) < 4.78 is 10.7. The Morgan fingerprint density at radius 2 is 1.30 bits per heavy atom. The van der Waals surface area contributed by atoms with Gasteiger partial charge < -0.3 is 35.0 Å². The third kappa shape index (κ3) is 20.4. The predicted octanol–water partition coefficient (Wildman–Crippen LogP) is 6.87. The molecule has 2 bridgehead atoms. The van der Waals surface area contributed by atoms with Gasteiger partial charge in [0.2, 0.25) is 0 Å². The molecule has 6 atom stereocenters. The molecule has 0 aromatic heterocycles. The number of rotatable bonds is 30. The van der Waals surface area contributed by atoms with Gasteiger partial charge in [0, 0.05) is 6.54 Å². The lowest BCUT2D eigenvalue weighted by Crippen LogP contribution is -2.59. The summed E-state index contributed by atoms with van der Waals surface area (Å²) >= 11 is 0. The van der Waals surface area contributed by atoms with E-state index in [2.05, 4.69) is 6.92 Å². The quantitative estimate of drug-likeness (QED) is 0.0165. The van der Waals surface area contributed by atoms with E-state index in [0.29, 0.717) is 13.0 Å². The van der Waals surface area contributed by atoms with E-state index in [1.54, 1.807) is 6.42 Å². The first kappa shape index (κ1) is 49.1. The average molecular weight is 773 g/mol. The molecule has 3 rings (SSSR count). The van der Waals surface area contributed by atoms with Gasteiger partial charge in [-0.25, -0.2) is 16.5 Å². The van der Waals surface area contributed by atoms with Crippen LogP contribution < -0.4 is 17.1 Å². The second-order valence-electron chi connectivity index (χ2n) is 16.9. The summed E-state index contributed by atoms with van der Waals surface area (Å²) in [6.45, 7) is 2.52. The molecular weight excluding hydrogens is 688 g/mol. The molecule has 6 unspecified atom stereocenters. The number of hydrogen-bond donors (Lipinski definition) is 8. The fraction of sp³-hybridized carbons (Fsp3) is 0.976. The molecule has 1 aliphatic heterocycles. The summed E-state index contributed by atoms with van der Waals surface area (Å²) in [5.74, 6) is 11.7. The standard InChI is InChI=1S/C24H48O7.C18H36N4O/c1-2-3-4-5-6-7-8-9-10-11-12-13-14-15-19(26)16-17-30-24-23(29)22(28)21(27)20(18-25)31-24;19-21-17(23)22(20)14-8-6-4-2-1-3-5-7-11-18-12-9-16(15-18)10-13-18/h19-29H,2-18H2,1H3;16H,1-15,19-20H2,(H,21,23). The largest absolute Gasteiger partial charge is 0.394 e. The maximum Gasteiger partial charge on any atom is 0.345 e. The first-order valence-corrected chi connectivity index (χ1v) is 22.3. The van der Waals surface area contributed by atoms with Crippen molar-refractivity contribution in [2.45, 2.75) is 230 Å². The van der Waals surface area contributed by atoms with Gasteiger partial charge in [-0.2, -0.15) is 0 Å². The van der Waals surface area contributed by atoms with Crippen LogP contribution in [0.2, 0.25) is 0 Å². The van der Waals surface area contributed by atoms with E-state index in [1.165, 1.54) is 141 Å². The highest BCUT2D eigenvalue weighted by atomic mass is 16.7. The average Bonchev–Trinajstić information content (AvgIpc) is 3.79. The molecule has 1 saturated heterocycles. The van der Waals surface area contributed by atoms with Crippen molar-refractivity contribution in [3.05, 3.63) is 0 Å². The van der Waals surface area contributed by atoms with Gasteiger partial charge in [-0.3, -0.25) is 10.4 Å². The zero-order valence-corrected chi connectivity index (χ0v) is 34.2. The molecule has 0 aromatic carbocycles. The molecule has 3 aliphatic rings. The molecule has 0 aromatic rings. The fourth-order valence-corrected chi connectivity index (χ4v) is 8.76. The van der Waals surface area contributed by atoms with Crippen LogP contribution in [0.4, 0.5) is 4.79 Å². The molecule has 2 amide bonds. The molecule has 2 aliphatic carbocycles. The van der Waals surface area contributed by atoms with E-state index in [1.807, 2.05) is 5.43 Å². The number of hydrazine groups is 2. The van der Waals surface area contributed by atoms with Crippen LogP contribution in [0.25, 0.3) is 0 Å². The molecule has 0 radical (unpaired) electrons.